The first-order chi connectivity index (χ1) is 24.2. The number of nitrogens with one attached hydrogen (secondary N) is 1. The van der Waals surface area contributed by atoms with E-state index in [2.05, 4.69) is 181 Å². The molecule has 0 aliphatic carbocycles. The van der Waals surface area contributed by atoms with Gasteiger partial charge in [0.1, 0.15) is 0 Å². The summed E-state index contributed by atoms with van der Waals surface area (Å²) in [4.78, 5) is 14.6. The quantitative estimate of drug-likeness (QED) is 0.206. The van der Waals surface area contributed by atoms with Gasteiger partial charge >= 0.3 is 0 Å². The van der Waals surface area contributed by atoms with Crippen LogP contribution < -0.4 is 10.7 Å². The molecule has 0 atom stereocenters. The topological polar surface area (TPSA) is 45.4 Å². The van der Waals surface area contributed by atoms with Crippen LogP contribution in [0.15, 0.2) is 191 Å². The molecule has 2 aromatic heterocycles. The summed E-state index contributed by atoms with van der Waals surface area (Å²) < 4.78 is 2.23. The molecule has 0 amide bonds. The number of hydrogen-bond acceptors (Lipinski definition) is 2. The fourth-order valence-electron chi connectivity index (χ4n) is 7.11. The van der Waals surface area contributed by atoms with Gasteiger partial charge in [-0.2, -0.15) is 0 Å². The Bertz CT molecular complexity index is 2550. The van der Waals surface area contributed by atoms with E-state index in [1.807, 2.05) is 6.07 Å². The summed E-state index contributed by atoms with van der Waals surface area (Å²) in [6.45, 7) is 0. The normalized spacial score (nSPS) is 15.3. The van der Waals surface area contributed by atoms with Crippen LogP contribution in [0.5, 0.6) is 0 Å². The summed E-state index contributed by atoms with van der Waals surface area (Å²) in [5, 5.41) is 2.04. The molecule has 8 bridgehead atoms. The fourth-order valence-corrected chi connectivity index (χ4v) is 7.11. The molecule has 6 aromatic rings. The molecule has 0 spiro atoms. The Morgan fingerprint density at radius 1 is 0.429 bits per heavy atom. The van der Waals surface area contributed by atoms with Gasteiger partial charge in [-0.25, -0.2) is 9.98 Å². The van der Waals surface area contributed by atoms with Crippen molar-refractivity contribution in [2.75, 3.05) is 0 Å². The van der Waals surface area contributed by atoms with Crippen molar-refractivity contribution in [2.45, 2.75) is 0 Å². The lowest BCUT2D eigenvalue weighted by molar-refractivity contribution is 0.906. The largest absolute Gasteiger partial charge is 0.354 e. The average Bonchev–Trinajstić information content (AvgIpc) is 3.98. The number of H-pyrrole nitrogens is 1. The summed E-state index contributed by atoms with van der Waals surface area (Å²) >= 11 is 0. The molecule has 0 fully saturated rings. The van der Waals surface area contributed by atoms with Crippen LogP contribution in [0, 0.1) is 0 Å². The zero-order valence-corrected chi connectivity index (χ0v) is 27.0. The van der Waals surface area contributed by atoms with E-state index in [1.54, 1.807) is 0 Å². The molecule has 1 N–H and O–H groups in total. The van der Waals surface area contributed by atoms with Crippen molar-refractivity contribution in [3.63, 3.8) is 0 Å². The van der Waals surface area contributed by atoms with Crippen LogP contribution in [-0.2, 0) is 7.05 Å². The second-order valence-electron chi connectivity index (χ2n) is 12.4. The zero-order valence-electron chi connectivity index (χ0n) is 27.0. The number of rotatable bonds is 4. The first-order valence-electron chi connectivity index (χ1n) is 16.6. The van der Waals surface area contributed by atoms with Crippen molar-refractivity contribution in [1.29, 1.82) is 0 Å². The van der Waals surface area contributed by atoms with Crippen molar-refractivity contribution >= 4 is 33.7 Å². The number of aliphatic imine (C=N–C) groups is 2. The standard InChI is InChI=1S/C45H32N4/c1-49-29-34-28-41(49)45(33-20-12-5-13-21-33)40-27-26-39(48-40)44(32-18-10-4-11-19-32)38-25-24-37(47-38)43(31-16-8-3-9-17-31)36-23-22-35(46-36)42(34)30-14-6-2-7-15-30/h2-29,48H,1H3. The molecule has 0 unspecified atom stereocenters. The van der Waals surface area contributed by atoms with E-state index in [9.17, 15) is 0 Å². The highest BCUT2D eigenvalue weighted by Crippen LogP contribution is 2.36. The Kier molecular flexibility index (Phi) is 6.98. The van der Waals surface area contributed by atoms with Gasteiger partial charge < -0.3 is 9.55 Å². The summed E-state index contributed by atoms with van der Waals surface area (Å²) in [5.41, 5.74) is 14.5. The first-order valence-corrected chi connectivity index (χ1v) is 16.6. The number of aromatic nitrogens is 2. The van der Waals surface area contributed by atoms with Gasteiger partial charge in [0.2, 0.25) is 0 Å². The van der Waals surface area contributed by atoms with Gasteiger partial charge in [0, 0.05) is 51.8 Å². The van der Waals surface area contributed by atoms with Crippen molar-refractivity contribution in [2.24, 2.45) is 17.0 Å². The van der Waals surface area contributed by atoms with E-state index in [0.717, 1.165) is 89.3 Å². The maximum Gasteiger partial charge on any atom is 0.0738 e. The van der Waals surface area contributed by atoms with Gasteiger partial charge in [-0.3, -0.25) is 0 Å². The number of nitrogens with zero attached hydrogens (tertiary/aromatic N) is 3. The van der Waals surface area contributed by atoms with Crippen molar-refractivity contribution in [1.82, 2.24) is 9.55 Å². The van der Waals surface area contributed by atoms with E-state index < -0.39 is 0 Å². The third-order valence-corrected chi connectivity index (χ3v) is 9.33. The highest BCUT2D eigenvalue weighted by atomic mass is 14.9. The Morgan fingerprint density at radius 3 is 1.41 bits per heavy atom. The monoisotopic (exact) mass is 628 g/mol. The van der Waals surface area contributed by atoms with Crippen LogP contribution in [-0.4, -0.2) is 21.0 Å². The highest BCUT2D eigenvalue weighted by molar-refractivity contribution is 6.35. The lowest BCUT2D eigenvalue weighted by Gasteiger charge is -2.11. The summed E-state index contributed by atoms with van der Waals surface area (Å²) in [6, 6.07) is 48.9. The van der Waals surface area contributed by atoms with Crippen molar-refractivity contribution < 1.29 is 0 Å². The molecule has 4 nitrogen and oxygen atoms in total. The Balaban J connectivity index is 1.43. The smallest absolute Gasteiger partial charge is 0.0738 e. The summed E-state index contributed by atoms with van der Waals surface area (Å²) in [6.07, 6.45) is 10.8. The molecule has 4 heteroatoms. The van der Waals surface area contributed by atoms with Crippen molar-refractivity contribution in [3.8, 4) is 0 Å². The Labute approximate surface area is 285 Å². The van der Waals surface area contributed by atoms with Crippen LogP contribution in [0.3, 0.4) is 0 Å². The molecule has 232 valence electrons. The lowest BCUT2D eigenvalue weighted by Crippen LogP contribution is -2.20. The van der Waals surface area contributed by atoms with Gasteiger partial charge in [-0.05, 0) is 64.8 Å². The van der Waals surface area contributed by atoms with Crippen LogP contribution >= 0.6 is 0 Å². The number of allylic oxidation sites excluding steroid dienone is 5. The number of fused-ring (bicyclic) bond motifs is 6. The maximum absolute atomic E-state index is 5.38. The molecule has 49 heavy (non-hydrogen) atoms. The molecular formula is C45H32N4. The van der Waals surface area contributed by atoms with Crippen LogP contribution in [0.4, 0.5) is 0 Å². The molecule has 0 radical (unpaired) electrons. The van der Waals surface area contributed by atoms with Gasteiger partial charge in [0.25, 0.3) is 0 Å². The Hall–Kier alpha value is -6.52. The third kappa shape index (κ3) is 5.11. The van der Waals surface area contributed by atoms with E-state index in [0.29, 0.717) is 0 Å². The molecule has 4 aromatic carbocycles. The predicted molar refractivity (Wildman–Crippen MR) is 201 cm³/mol. The van der Waals surface area contributed by atoms with E-state index in [-0.39, 0.29) is 0 Å². The lowest BCUT2D eigenvalue weighted by atomic mass is 9.96. The molecule has 9 rings (SSSR count). The zero-order chi connectivity index (χ0) is 32.7. The van der Waals surface area contributed by atoms with E-state index >= 15 is 0 Å². The highest BCUT2D eigenvalue weighted by Gasteiger charge is 2.24. The third-order valence-electron chi connectivity index (χ3n) is 9.33. The van der Waals surface area contributed by atoms with Crippen LogP contribution in [0.1, 0.15) is 33.5 Å². The van der Waals surface area contributed by atoms with Crippen LogP contribution in [0.2, 0.25) is 0 Å². The molecule has 3 aliphatic heterocycles. The summed E-state index contributed by atoms with van der Waals surface area (Å²) in [7, 11) is 2.13. The second kappa shape index (κ2) is 11.9. The van der Waals surface area contributed by atoms with Crippen LogP contribution in [0.25, 0.3) is 22.3 Å². The SMILES string of the molecule is Cn1cc2cc1C(c1ccccc1)=c1ccc([nH]1)=C(c1ccccc1)C1=NC(=C(c3ccccc3)C3=NC(=C2c2ccccc2)C=C3)C=C1. The summed E-state index contributed by atoms with van der Waals surface area (Å²) in [5.74, 6) is 0. The molecular weight excluding hydrogens is 597 g/mol. The van der Waals surface area contributed by atoms with Gasteiger partial charge in [-0.15, -0.1) is 0 Å². The van der Waals surface area contributed by atoms with E-state index in [4.69, 9.17) is 9.98 Å². The Morgan fingerprint density at radius 2 is 0.857 bits per heavy atom. The predicted octanol–water partition coefficient (Wildman–Crippen LogP) is 8.01. The second-order valence-corrected chi connectivity index (χ2v) is 12.4. The van der Waals surface area contributed by atoms with E-state index in [1.165, 1.54) is 0 Å². The average molecular weight is 629 g/mol. The number of aryl methyl sites for hydroxylation is 1. The molecule has 3 aliphatic rings. The van der Waals surface area contributed by atoms with Gasteiger partial charge in [0.15, 0.2) is 0 Å². The minimum atomic E-state index is 0.887. The maximum atomic E-state index is 5.38. The first kappa shape index (κ1) is 28.7. The van der Waals surface area contributed by atoms with Gasteiger partial charge in [0.05, 0.1) is 28.5 Å². The number of benzene rings is 4. The number of aromatic amines is 1. The minimum Gasteiger partial charge on any atom is -0.354 e. The number of hydrogen-bond donors (Lipinski definition) is 1. The fraction of sp³-hybridized carbons (Fsp3) is 0.0222. The molecule has 0 saturated carbocycles. The van der Waals surface area contributed by atoms with Gasteiger partial charge in [-0.1, -0.05) is 121 Å². The molecule has 5 heterocycles. The molecule has 0 saturated heterocycles. The van der Waals surface area contributed by atoms with Crippen molar-refractivity contribution in [3.05, 3.63) is 226 Å². The minimum absolute atomic E-state index is 0.887.